The zero-order chi connectivity index (χ0) is 18.2. The van der Waals surface area contributed by atoms with Gasteiger partial charge < -0.3 is 20.3 Å². The van der Waals surface area contributed by atoms with Crippen molar-refractivity contribution in [2.75, 3.05) is 44.8 Å². The number of ether oxygens (including phenoxy) is 1. The van der Waals surface area contributed by atoms with Crippen LogP contribution in [0.2, 0.25) is 0 Å². The van der Waals surface area contributed by atoms with Crippen molar-refractivity contribution in [3.8, 4) is 0 Å². The first-order valence-corrected chi connectivity index (χ1v) is 10.2. The van der Waals surface area contributed by atoms with E-state index >= 15 is 0 Å². The van der Waals surface area contributed by atoms with E-state index < -0.39 is 0 Å². The molecular formula is C21H35IN4O. The number of benzene rings is 1. The molecule has 1 aliphatic carbocycles. The quantitative estimate of drug-likeness (QED) is 0.240. The van der Waals surface area contributed by atoms with Gasteiger partial charge in [-0.3, -0.25) is 4.99 Å². The second-order valence-corrected chi connectivity index (χ2v) is 7.53. The lowest BCUT2D eigenvalue weighted by molar-refractivity contribution is 0.123. The highest BCUT2D eigenvalue weighted by atomic mass is 127. The van der Waals surface area contributed by atoms with Crippen LogP contribution in [0.5, 0.6) is 0 Å². The van der Waals surface area contributed by atoms with Gasteiger partial charge in [-0.25, -0.2) is 0 Å². The predicted molar refractivity (Wildman–Crippen MR) is 124 cm³/mol. The Morgan fingerprint density at radius 2 is 2.07 bits per heavy atom. The van der Waals surface area contributed by atoms with Crippen molar-refractivity contribution in [1.29, 1.82) is 0 Å². The summed E-state index contributed by atoms with van der Waals surface area (Å²) in [6.07, 6.45) is 6.32. The Balaban J connectivity index is 0.00000261. The third-order valence-electron chi connectivity index (χ3n) is 5.23. The van der Waals surface area contributed by atoms with Gasteiger partial charge in [0.25, 0.3) is 0 Å². The highest BCUT2D eigenvalue weighted by Gasteiger charge is 2.20. The number of guanidine groups is 1. The molecule has 1 aliphatic heterocycles. The average Bonchev–Trinajstić information content (AvgIpc) is 3.33. The minimum atomic E-state index is 0. The summed E-state index contributed by atoms with van der Waals surface area (Å²) in [5.74, 6) is 1.70. The van der Waals surface area contributed by atoms with Gasteiger partial charge in [-0.1, -0.05) is 12.1 Å². The molecule has 1 saturated heterocycles. The summed E-state index contributed by atoms with van der Waals surface area (Å²) in [6.45, 7) is 7.19. The lowest BCUT2D eigenvalue weighted by Crippen LogP contribution is -2.39. The highest BCUT2D eigenvalue weighted by molar-refractivity contribution is 14.0. The van der Waals surface area contributed by atoms with Gasteiger partial charge in [-0.05, 0) is 62.6 Å². The van der Waals surface area contributed by atoms with Crippen LogP contribution in [0.15, 0.2) is 29.3 Å². The molecule has 6 heteroatoms. The second-order valence-electron chi connectivity index (χ2n) is 7.53. The van der Waals surface area contributed by atoms with Crippen molar-refractivity contribution in [3.63, 3.8) is 0 Å². The van der Waals surface area contributed by atoms with Crippen LogP contribution in [0.3, 0.4) is 0 Å². The van der Waals surface area contributed by atoms with Crippen molar-refractivity contribution in [1.82, 2.24) is 10.6 Å². The van der Waals surface area contributed by atoms with Gasteiger partial charge in [-0.15, -0.1) is 24.0 Å². The van der Waals surface area contributed by atoms with Crippen LogP contribution < -0.4 is 15.5 Å². The molecule has 1 atom stereocenters. The molecule has 1 aromatic carbocycles. The molecule has 2 N–H and O–H groups in total. The predicted octanol–water partition coefficient (Wildman–Crippen LogP) is 3.95. The topological polar surface area (TPSA) is 48.9 Å². The van der Waals surface area contributed by atoms with Gasteiger partial charge in [-0.2, -0.15) is 0 Å². The van der Waals surface area contributed by atoms with Gasteiger partial charge >= 0.3 is 0 Å². The Morgan fingerprint density at radius 1 is 1.30 bits per heavy atom. The molecule has 3 rings (SSSR count). The molecule has 0 amide bonds. The number of aliphatic imine (C=N–C) groups is 1. The Hall–Kier alpha value is -1.02. The van der Waals surface area contributed by atoms with Crippen LogP contribution in [0.1, 0.15) is 50.6 Å². The molecule has 1 saturated carbocycles. The number of rotatable bonds is 9. The SMILES string of the molecule is CN=C(NCCCOCC1CC1)NC(C)c1cccc(N2CCCC2)c1.I. The molecule has 2 aliphatic rings. The molecule has 0 aromatic heterocycles. The third-order valence-corrected chi connectivity index (χ3v) is 5.23. The standard InChI is InChI=1S/C21H34N4O.HI/c1-17(19-7-5-8-20(15-19)25-12-3-4-13-25)24-21(22-2)23-11-6-14-26-16-18-9-10-18;/h5,7-8,15,17-18H,3-4,6,9-14,16H2,1-2H3,(H2,22,23,24);1H. The molecule has 0 spiro atoms. The van der Waals surface area contributed by atoms with E-state index in [1.165, 1.54) is 50.0 Å². The number of hydrogen-bond donors (Lipinski definition) is 2. The number of nitrogens with zero attached hydrogens (tertiary/aromatic N) is 2. The summed E-state index contributed by atoms with van der Waals surface area (Å²) in [6, 6.07) is 9.10. The fraction of sp³-hybridized carbons (Fsp3) is 0.667. The van der Waals surface area contributed by atoms with Crippen LogP contribution in [-0.2, 0) is 4.74 Å². The van der Waals surface area contributed by atoms with Crippen LogP contribution in [0.25, 0.3) is 0 Å². The minimum absolute atomic E-state index is 0. The van der Waals surface area contributed by atoms with Crippen molar-refractivity contribution in [2.45, 2.75) is 45.1 Å². The monoisotopic (exact) mass is 486 g/mol. The van der Waals surface area contributed by atoms with E-state index in [0.29, 0.717) is 0 Å². The Morgan fingerprint density at radius 3 is 2.78 bits per heavy atom. The molecule has 0 radical (unpaired) electrons. The largest absolute Gasteiger partial charge is 0.381 e. The summed E-state index contributed by atoms with van der Waals surface area (Å²) < 4.78 is 5.68. The molecule has 1 heterocycles. The maximum absolute atomic E-state index is 5.68. The van der Waals surface area contributed by atoms with Crippen molar-refractivity contribution >= 4 is 35.6 Å². The molecule has 1 aromatic rings. The fourth-order valence-corrected chi connectivity index (χ4v) is 3.36. The second kappa shape index (κ2) is 11.7. The fourth-order valence-electron chi connectivity index (χ4n) is 3.36. The normalized spacial score (nSPS) is 18.1. The summed E-state index contributed by atoms with van der Waals surface area (Å²) in [5, 5.41) is 6.89. The van der Waals surface area contributed by atoms with Gasteiger partial charge in [0, 0.05) is 45.6 Å². The van der Waals surface area contributed by atoms with Gasteiger partial charge in [0.1, 0.15) is 0 Å². The smallest absolute Gasteiger partial charge is 0.191 e. The maximum Gasteiger partial charge on any atom is 0.191 e. The molecule has 152 valence electrons. The van der Waals surface area contributed by atoms with Gasteiger partial charge in [0.15, 0.2) is 5.96 Å². The lowest BCUT2D eigenvalue weighted by Gasteiger charge is -2.22. The zero-order valence-corrected chi connectivity index (χ0v) is 19.1. The van der Waals surface area contributed by atoms with Crippen LogP contribution in [-0.4, -0.2) is 45.9 Å². The molecule has 2 fully saturated rings. The molecule has 0 bridgehead atoms. The Kier molecular flexibility index (Phi) is 9.68. The van der Waals surface area contributed by atoms with Crippen LogP contribution in [0.4, 0.5) is 5.69 Å². The first kappa shape index (κ1) is 22.3. The van der Waals surface area contributed by atoms with E-state index in [2.05, 4.69) is 51.7 Å². The first-order valence-electron chi connectivity index (χ1n) is 10.2. The number of hydrogen-bond acceptors (Lipinski definition) is 3. The van der Waals surface area contributed by atoms with E-state index in [0.717, 1.165) is 38.1 Å². The molecule has 1 unspecified atom stereocenters. The van der Waals surface area contributed by atoms with Crippen molar-refractivity contribution in [2.24, 2.45) is 10.9 Å². The zero-order valence-electron chi connectivity index (χ0n) is 16.7. The molecule has 27 heavy (non-hydrogen) atoms. The van der Waals surface area contributed by atoms with Crippen LogP contribution in [0, 0.1) is 5.92 Å². The first-order chi connectivity index (χ1) is 12.8. The summed E-state index contributed by atoms with van der Waals surface area (Å²) in [5.41, 5.74) is 2.63. The summed E-state index contributed by atoms with van der Waals surface area (Å²) in [7, 11) is 1.83. The summed E-state index contributed by atoms with van der Waals surface area (Å²) >= 11 is 0. The lowest BCUT2D eigenvalue weighted by atomic mass is 10.1. The van der Waals surface area contributed by atoms with E-state index in [-0.39, 0.29) is 30.0 Å². The maximum atomic E-state index is 5.68. The van der Waals surface area contributed by atoms with E-state index in [4.69, 9.17) is 4.74 Å². The van der Waals surface area contributed by atoms with Crippen molar-refractivity contribution < 1.29 is 4.74 Å². The van der Waals surface area contributed by atoms with Crippen LogP contribution >= 0.6 is 24.0 Å². The Bertz CT molecular complexity index is 585. The number of anilines is 1. The number of halogens is 1. The summed E-state index contributed by atoms with van der Waals surface area (Å²) in [4.78, 5) is 6.83. The Labute approximate surface area is 181 Å². The highest BCUT2D eigenvalue weighted by Crippen LogP contribution is 2.28. The van der Waals surface area contributed by atoms with E-state index in [1.54, 1.807) is 0 Å². The molecular weight excluding hydrogens is 451 g/mol. The van der Waals surface area contributed by atoms with Crippen molar-refractivity contribution in [3.05, 3.63) is 29.8 Å². The third kappa shape index (κ3) is 7.49. The van der Waals surface area contributed by atoms with E-state index in [1.807, 2.05) is 7.05 Å². The van der Waals surface area contributed by atoms with Gasteiger partial charge in [0.2, 0.25) is 0 Å². The van der Waals surface area contributed by atoms with Gasteiger partial charge in [0.05, 0.1) is 6.04 Å². The minimum Gasteiger partial charge on any atom is -0.381 e. The van der Waals surface area contributed by atoms with E-state index in [9.17, 15) is 0 Å². The molecule has 5 nitrogen and oxygen atoms in total. The average molecular weight is 486 g/mol. The number of nitrogens with one attached hydrogen (secondary N) is 2.